The molecule has 11 atom stereocenters. The molecular weight excluding hydrogens is 382 g/mol. The zero-order chi connectivity index (χ0) is 22.1. The molecule has 1 N–H and O–H groups in total. The normalized spacial score (nSPS) is 53.5. The number of piperidine rings is 1. The van der Waals surface area contributed by atoms with Crippen LogP contribution in [0.3, 0.4) is 0 Å². The van der Waals surface area contributed by atoms with Crippen LogP contribution in [0, 0.1) is 52.3 Å². The molecule has 1 aliphatic heterocycles. The van der Waals surface area contributed by atoms with E-state index in [0.29, 0.717) is 53.3 Å². The highest BCUT2D eigenvalue weighted by Gasteiger charge is 2.62. The van der Waals surface area contributed by atoms with E-state index >= 15 is 0 Å². The summed E-state index contributed by atoms with van der Waals surface area (Å²) in [6, 6.07) is 0.706. The van der Waals surface area contributed by atoms with Gasteiger partial charge in [-0.25, -0.2) is 0 Å². The van der Waals surface area contributed by atoms with Gasteiger partial charge in [0, 0.05) is 24.9 Å². The van der Waals surface area contributed by atoms with Crippen molar-refractivity contribution in [1.82, 2.24) is 4.90 Å². The molecule has 5 rings (SSSR count). The van der Waals surface area contributed by atoms with Crippen LogP contribution < -0.4 is 0 Å². The van der Waals surface area contributed by atoms with Crippen LogP contribution in [-0.4, -0.2) is 41.5 Å². The minimum atomic E-state index is -0.266. The zero-order valence-corrected chi connectivity index (χ0v) is 20.5. The molecule has 0 aromatic carbocycles. The fourth-order valence-electron chi connectivity index (χ4n) is 9.35. The van der Waals surface area contributed by atoms with Gasteiger partial charge in [0.2, 0.25) is 0 Å². The average Bonchev–Trinajstić information content (AvgIpc) is 3.01. The first-order chi connectivity index (χ1) is 14.6. The molecule has 0 aromatic heterocycles. The Hall–Kier alpha value is -0.670. The van der Waals surface area contributed by atoms with Crippen molar-refractivity contribution in [2.75, 3.05) is 13.6 Å². The van der Waals surface area contributed by atoms with Crippen molar-refractivity contribution < 1.29 is 9.90 Å². The molecule has 0 spiro atoms. The molecule has 174 valence electrons. The Morgan fingerprint density at radius 2 is 1.94 bits per heavy atom. The second-order valence-corrected chi connectivity index (χ2v) is 13.1. The van der Waals surface area contributed by atoms with Gasteiger partial charge in [-0.15, -0.1) is 0 Å². The van der Waals surface area contributed by atoms with Gasteiger partial charge in [0.05, 0.1) is 6.10 Å². The molecule has 4 aliphatic carbocycles. The highest BCUT2D eigenvalue weighted by Crippen LogP contribution is 2.67. The van der Waals surface area contributed by atoms with Crippen molar-refractivity contribution in [3.05, 3.63) is 12.2 Å². The average molecular weight is 428 g/mol. The van der Waals surface area contributed by atoms with Gasteiger partial charge in [-0.2, -0.15) is 0 Å². The third-order valence-electron chi connectivity index (χ3n) is 11.1. The van der Waals surface area contributed by atoms with E-state index in [2.05, 4.69) is 51.8 Å². The molecule has 3 saturated carbocycles. The minimum absolute atomic E-state index is 0.0952. The van der Waals surface area contributed by atoms with Crippen molar-refractivity contribution in [2.24, 2.45) is 52.3 Å². The molecule has 31 heavy (non-hydrogen) atoms. The van der Waals surface area contributed by atoms with E-state index in [9.17, 15) is 9.90 Å². The summed E-state index contributed by atoms with van der Waals surface area (Å²) in [4.78, 5) is 15.8. The van der Waals surface area contributed by atoms with E-state index in [1.54, 1.807) is 0 Å². The summed E-state index contributed by atoms with van der Waals surface area (Å²) in [5.41, 5.74) is 0.437. The molecule has 3 heteroatoms. The summed E-state index contributed by atoms with van der Waals surface area (Å²) in [6.07, 6.45) is 13.5. The van der Waals surface area contributed by atoms with Crippen LogP contribution in [0.25, 0.3) is 0 Å². The third kappa shape index (κ3) is 3.48. The number of Topliss-reactive ketones (excluding diaryl/α,β-unsaturated/α-hetero) is 1. The maximum absolute atomic E-state index is 13.2. The summed E-state index contributed by atoms with van der Waals surface area (Å²) in [5, 5.41) is 10.3. The number of aliphatic hydroxyl groups excluding tert-OH is 1. The summed E-state index contributed by atoms with van der Waals surface area (Å²) < 4.78 is 0. The summed E-state index contributed by atoms with van der Waals surface area (Å²) in [6.45, 7) is 11.1. The number of carbonyl (C=O) groups is 1. The number of allylic oxidation sites excluding steroid dienone is 2. The number of rotatable bonds is 2. The van der Waals surface area contributed by atoms with Gasteiger partial charge in [-0.3, -0.25) is 4.79 Å². The molecule has 0 radical (unpaired) electrons. The summed E-state index contributed by atoms with van der Waals surface area (Å²) >= 11 is 0. The molecule has 5 aliphatic rings. The Morgan fingerprint density at radius 3 is 2.68 bits per heavy atom. The van der Waals surface area contributed by atoms with Gasteiger partial charge in [-0.1, -0.05) is 39.8 Å². The minimum Gasteiger partial charge on any atom is -0.393 e. The Bertz CT molecular complexity index is 747. The van der Waals surface area contributed by atoms with Gasteiger partial charge in [0.1, 0.15) is 5.78 Å². The topological polar surface area (TPSA) is 40.5 Å². The van der Waals surface area contributed by atoms with Gasteiger partial charge in [0.25, 0.3) is 0 Å². The first kappa shape index (κ1) is 22.1. The molecule has 4 fully saturated rings. The van der Waals surface area contributed by atoms with Crippen molar-refractivity contribution in [3.63, 3.8) is 0 Å². The number of carbonyl (C=O) groups excluding carboxylic acids is 1. The largest absolute Gasteiger partial charge is 0.393 e. The van der Waals surface area contributed by atoms with E-state index in [0.717, 1.165) is 25.2 Å². The number of nitrogens with zero attached hydrogens (tertiary/aromatic N) is 1. The number of hydrogen-bond acceptors (Lipinski definition) is 3. The fraction of sp³-hybridized carbons (Fsp3) is 0.893. The maximum Gasteiger partial charge on any atom is 0.136 e. The van der Waals surface area contributed by atoms with Gasteiger partial charge in [0.15, 0.2) is 0 Å². The smallest absolute Gasteiger partial charge is 0.136 e. The van der Waals surface area contributed by atoms with E-state index in [-0.39, 0.29) is 17.4 Å². The Morgan fingerprint density at radius 1 is 1.16 bits per heavy atom. The van der Waals surface area contributed by atoms with Gasteiger partial charge in [-0.05, 0) is 98.3 Å². The number of fused-ring (bicyclic) bond motifs is 5. The predicted octanol–water partition coefficient (Wildman–Crippen LogP) is 5.33. The second kappa shape index (κ2) is 7.69. The molecule has 1 heterocycles. The standard InChI is InChI=1S/C28H45NO2/c1-17-6-9-25(29(5)16-17)18(2)19-7-8-22-21-13-26(31)23-12-20(30)10-11-28(23,4)24(21)15-27(22,3)14-19/h7-8,17-25,30H,6,9-16H2,1-5H3/t17-,18-,19+,20-,21+,22+,23+,24+,25-,27+,28-/m0/s1. The van der Waals surface area contributed by atoms with Crippen LogP contribution in [-0.2, 0) is 4.79 Å². The number of aliphatic hydroxyl groups is 1. The molecular formula is C28H45NO2. The summed E-state index contributed by atoms with van der Waals surface area (Å²) in [5.74, 6) is 4.48. The summed E-state index contributed by atoms with van der Waals surface area (Å²) in [7, 11) is 2.34. The van der Waals surface area contributed by atoms with Crippen molar-refractivity contribution >= 4 is 5.78 Å². The lowest BCUT2D eigenvalue weighted by atomic mass is 9.52. The lowest BCUT2D eigenvalue weighted by Gasteiger charge is -2.52. The number of ketones is 1. The van der Waals surface area contributed by atoms with Crippen LogP contribution >= 0.6 is 0 Å². The van der Waals surface area contributed by atoms with Crippen LogP contribution in [0.4, 0.5) is 0 Å². The molecule has 0 bridgehead atoms. The van der Waals surface area contributed by atoms with Crippen LogP contribution in [0.2, 0.25) is 0 Å². The van der Waals surface area contributed by atoms with Gasteiger partial charge >= 0.3 is 0 Å². The van der Waals surface area contributed by atoms with Gasteiger partial charge < -0.3 is 10.0 Å². The van der Waals surface area contributed by atoms with Crippen molar-refractivity contribution in [3.8, 4) is 0 Å². The molecule has 0 amide bonds. The Kier molecular flexibility index (Phi) is 5.49. The number of hydrogen-bond donors (Lipinski definition) is 1. The SMILES string of the molecule is C[C@H]1CC[C@@H]([C@@H](C)[C@@H]2C=C[C@@H]3[C@H]4CC(=O)[C@H]5C[C@@H](O)CC[C@]5(C)[C@@H]4C[C@@]3(C)C2)N(C)C1. The van der Waals surface area contributed by atoms with Crippen molar-refractivity contribution in [2.45, 2.75) is 91.2 Å². The predicted molar refractivity (Wildman–Crippen MR) is 125 cm³/mol. The first-order valence-electron chi connectivity index (χ1n) is 13.2. The zero-order valence-electron chi connectivity index (χ0n) is 20.5. The Balaban J connectivity index is 1.37. The van der Waals surface area contributed by atoms with Crippen LogP contribution in [0.5, 0.6) is 0 Å². The quantitative estimate of drug-likeness (QED) is 0.606. The van der Waals surface area contributed by atoms with E-state index in [4.69, 9.17) is 0 Å². The van der Waals surface area contributed by atoms with Crippen LogP contribution in [0.15, 0.2) is 12.2 Å². The lowest BCUT2D eigenvalue weighted by molar-refractivity contribution is -0.144. The third-order valence-corrected chi connectivity index (χ3v) is 11.1. The van der Waals surface area contributed by atoms with Crippen LogP contribution in [0.1, 0.15) is 79.1 Å². The Labute approximate surface area is 190 Å². The monoisotopic (exact) mass is 427 g/mol. The molecule has 0 aromatic rings. The second-order valence-electron chi connectivity index (χ2n) is 13.1. The highest BCUT2D eigenvalue weighted by atomic mass is 16.3. The first-order valence-corrected chi connectivity index (χ1v) is 13.2. The lowest BCUT2D eigenvalue weighted by Crippen LogP contribution is -2.51. The molecule has 0 unspecified atom stereocenters. The van der Waals surface area contributed by atoms with E-state index in [1.165, 1.54) is 32.2 Å². The number of likely N-dealkylation sites (tertiary alicyclic amines) is 1. The molecule has 1 saturated heterocycles. The molecule has 3 nitrogen and oxygen atoms in total. The highest BCUT2D eigenvalue weighted by molar-refractivity contribution is 5.83. The van der Waals surface area contributed by atoms with E-state index in [1.807, 2.05) is 0 Å². The maximum atomic E-state index is 13.2. The van der Waals surface area contributed by atoms with Crippen molar-refractivity contribution in [1.29, 1.82) is 0 Å². The fourth-order valence-corrected chi connectivity index (χ4v) is 9.35. The van der Waals surface area contributed by atoms with E-state index < -0.39 is 0 Å².